The molecule has 0 spiro atoms. The molecule has 14 heavy (non-hydrogen) atoms. The van der Waals surface area contributed by atoms with Crippen molar-refractivity contribution in [2.75, 3.05) is 0 Å². The second kappa shape index (κ2) is 4.56. The number of rotatable bonds is 2. The van der Waals surface area contributed by atoms with Crippen molar-refractivity contribution in [1.29, 1.82) is 0 Å². The lowest BCUT2D eigenvalue weighted by Crippen LogP contribution is -2.35. The second-order valence-corrected chi connectivity index (χ2v) is 5.29. The van der Waals surface area contributed by atoms with E-state index in [0.717, 1.165) is 0 Å². The lowest BCUT2D eigenvalue weighted by Gasteiger charge is -2.27. The molecular formula is C9H9Cl3O2. The predicted octanol–water partition coefficient (Wildman–Crippen LogP) is 3.03. The Hall–Kier alpha value is -0.180. The molecule has 0 heterocycles. The summed E-state index contributed by atoms with van der Waals surface area (Å²) in [6.07, 6.45) is 6.49. The number of carbonyl (C=O) groups is 1. The van der Waals surface area contributed by atoms with Gasteiger partial charge in [-0.1, -0.05) is 59.1 Å². The topological polar surface area (TPSA) is 26.3 Å². The Morgan fingerprint density at radius 2 is 1.86 bits per heavy atom. The number of allylic oxidation sites excluding steroid dienone is 2. The molecule has 0 saturated carbocycles. The minimum absolute atomic E-state index is 0.175. The largest absolute Gasteiger partial charge is 0.457 e. The third-order valence-electron chi connectivity index (χ3n) is 1.74. The van der Waals surface area contributed by atoms with Crippen LogP contribution in [0, 0.1) is 5.92 Å². The van der Waals surface area contributed by atoms with Crippen LogP contribution in [0.2, 0.25) is 0 Å². The minimum Gasteiger partial charge on any atom is -0.457 e. The van der Waals surface area contributed by atoms with E-state index in [-0.39, 0.29) is 5.92 Å². The van der Waals surface area contributed by atoms with Gasteiger partial charge in [0.25, 0.3) is 0 Å². The summed E-state index contributed by atoms with van der Waals surface area (Å²) in [5.41, 5.74) is 0. The Morgan fingerprint density at radius 3 is 2.21 bits per heavy atom. The standard InChI is InChI=1S/C9H9Cl3O2/c1-6(13)14-8(9(10,11)12)7-4-2-3-5-7/h2-5,7-8H,1H3/t8-/m0/s1. The Labute approximate surface area is 97.5 Å². The van der Waals surface area contributed by atoms with Crippen LogP contribution in [0.3, 0.4) is 0 Å². The summed E-state index contributed by atoms with van der Waals surface area (Å²) < 4.78 is 3.35. The molecule has 0 N–H and O–H groups in total. The highest BCUT2D eigenvalue weighted by Crippen LogP contribution is 2.38. The molecule has 0 aromatic heterocycles. The Balaban J connectivity index is 2.76. The van der Waals surface area contributed by atoms with Gasteiger partial charge in [-0.15, -0.1) is 0 Å². The van der Waals surface area contributed by atoms with Crippen LogP contribution in [0.15, 0.2) is 24.3 Å². The lowest BCUT2D eigenvalue weighted by molar-refractivity contribution is -0.147. The number of carbonyl (C=O) groups excluding carboxylic acids is 1. The summed E-state index contributed by atoms with van der Waals surface area (Å²) in [5, 5.41) is 0. The zero-order valence-corrected chi connectivity index (χ0v) is 9.68. The maximum atomic E-state index is 10.8. The molecule has 0 aromatic rings. The van der Waals surface area contributed by atoms with Crippen LogP contribution in [-0.2, 0) is 9.53 Å². The number of hydrogen-bond donors (Lipinski definition) is 0. The maximum Gasteiger partial charge on any atom is 0.303 e. The molecule has 5 heteroatoms. The molecule has 1 aliphatic carbocycles. The molecule has 0 aromatic carbocycles. The zero-order valence-electron chi connectivity index (χ0n) is 7.41. The molecule has 0 saturated heterocycles. The van der Waals surface area contributed by atoms with Crippen LogP contribution in [-0.4, -0.2) is 15.9 Å². The molecular weight excluding hydrogens is 246 g/mol. The fraction of sp³-hybridized carbons (Fsp3) is 0.444. The van der Waals surface area contributed by atoms with E-state index in [0.29, 0.717) is 0 Å². The number of halogens is 3. The van der Waals surface area contributed by atoms with Crippen LogP contribution in [0.5, 0.6) is 0 Å². The van der Waals surface area contributed by atoms with Crippen molar-refractivity contribution < 1.29 is 9.53 Å². The van der Waals surface area contributed by atoms with Crippen LogP contribution in [0.1, 0.15) is 6.92 Å². The number of hydrogen-bond acceptors (Lipinski definition) is 2. The molecule has 2 nitrogen and oxygen atoms in total. The van der Waals surface area contributed by atoms with Crippen molar-refractivity contribution in [3.05, 3.63) is 24.3 Å². The van der Waals surface area contributed by atoms with Gasteiger partial charge in [0.2, 0.25) is 3.79 Å². The zero-order chi connectivity index (χ0) is 10.8. The quantitative estimate of drug-likeness (QED) is 0.560. The van der Waals surface area contributed by atoms with Gasteiger partial charge in [0.05, 0.1) is 0 Å². The molecule has 0 radical (unpaired) electrons. The highest BCUT2D eigenvalue weighted by atomic mass is 35.6. The molecule has 0 bridgehead atoms. The fourth-order valence-corrected chi connectivity index (χ4v) is 1.76. The lowest BCUT2D eigenvalue weighted by atomic mass is 10.1. The Kier molecular flexibility index (Phi) is 3.87. The average Bonchev–Trinajstić information content (AvgIpc) is 2.49. The fourth-order valence-electron chi connectivity index (χ4n) is 1.19. The summed E-state index contributed by atoms with van der Waals surface area (Å²) in [6, 6.07) is 0. The number of ether oxygens (including phenoxy) is 1. The molecule has 0 aliphatic heterocycles. The SMILES string of the molecule is CC(=O)O[C@@H](C1C=CC=C1)C(Cl)(Cl)Cl. The van der Waals surface area contributed by atoms with Gasteiger partial charge in [-0.2, -0.15) is 0 Å². The molecule has 1 atom stereocenters. The second-order valence-electron chi connectivity index (χ2n) is 2.92. The van der Waals surface area contributed by atoms with E-state index in [2.05, 4.69) is 0 Å². The predicted molar refractivity (Wildman–Crippen MR) is 57.6 cm³/mol. The number of esters is 1. The average molecular weight is 256 g/mol. The van der Waals surface area contributed by atoms with Crippen LogP contribution < -0.4 is 0 Å². The van der Waals surface area contributed by atoms with Gasteiger partial charge in [-0.05, 0) is 0 Å². The van der Waals surface area contributed by atoms with Crippen molar-refractivity contribution in [2.45, 2.75) is 16.8 Å². The molecule has 1 rings (SSSR count). The summed E-state index contributed by atoms with van der Waals surface area (Å²) >= 11 is 17.1. The van der Waals surface area contributed by atoms with E-state index in [1.165, 1.54) is 6.92 Å². The van der Waals surface area contributed by atoms with Crippen LogP contribution in [0.4, 0.5) is 0 Å². The summed E-state index contributed by atoms with van der Waals surface area (Å²) in [4.78, 5) is 10.8. The first-order valence-corrected chi connectivity index (χ1v) is 5.13. The Morgan fingerprint density at radius 1 is 1.36 bits per heavy atom. The Bertz CT molecular complexity index is 266. The van der Waals surface area contributed by atoms with Crippen molar-refractivity contribution in [2.24, 2.45) is 5.92 Å². The first kappa shape index (κ1) is 11.9. The first-order chi connectivity index (χ1) is 6.41. The number of alkyl halides is 3. The van der Waals surface area contributed by atoms with Gasteiger partial charge in [0.1, 0.15) is 0 Å². The van der Waals surface area contributed by atoms with Crippen molar-refractivity contribution >= 4 is 40.8 Å². The highest BCUT2D eigenvalue weighted by Gasteiger charge is 2.39. The van der Waals surface area contributed by atoms with Crippen molar-refractivity contribution in [3.63, 3.8) is 0 Å². The summed E-state index contributed by atoms with van der Waals surface area (Å²) in [5.74, 6) is -0.638. The van der Waals surface area contributed by atoms with E-state index >= 15 is 0 Å². The monoisotopic (exact) mass is 254 g/mol. The van der Waals surface area contributed by atoms with Gasteiger partial charge in [-0.25, -0.2) is 0 Å². The molecule has 78 valence electrons. The minimum atomic E-state index is -1.62. The maximum absolute atomic E-state index is 10.8. The van der Waals surface area contributed by atoms with Gasteiger partial charge in [-0.3, -0.25) is 4.79 Å². The normalized spacial score (nSPS) is 18.6. The van der Waals surface area contributed by atoms with E-state index in [4.69, 9.17) is 39.5 Å². The van der Waals surface area contributed by atoms with Gasteiger partial charge < -0.3 is 4.74 Å². The molecule has 0 unspecified atom stereocenters. The molecule has 1 aliphatic rings. The van der Waals surface area contributed by atoms with Gasteiger partial charge in [0.15, 0.2) is 6.10 Å². The summed E-state index contributed by atoms with van der Waals surface area (Å²) in [6.45, 7) is 1.28. The van der Waals surface area contributed by atoms with E-state index in [1.807, 2.05) is 24.3 Å². The third-order valence-corrected chi connectivity index (χ3v) is 2.39. The third kappa shape index (κ3) is 3.19. The van der Waals surface area contributed by atoms with E-state index in [9.17, 15) is 4.79 Å². The van der Waals surface area contributed by atoms with Crippen molar-refractivity contribution in [1.82, 2.24) is 0 Å². The first-order valence-electron chi connectivity index (χ1n) is 4.00. The van der Waals surface area contributed by atoms with Crippen LogP contribution in [0.25, 0.3) is 0 Å². The smallest absolute Gasteiger partial charge is 0.303 e. The van der Waals surface area contributed by atoms with E-state index in [1.54, 1.807) is 0 Å². The molecule has 0 fully saturated rings. The summed E-state index contributed by atoms with van der Waals surface area (Å²) in [7, 11) is 0. The van der Waals surface area contributed by atoms with E-state index < -0.39 is 15.9 Å². The van der Waals surface area contributed by atoms with Gasteiger partial charge in [0, 0.05) is 12.8 Å². The highest BCUT2D eigenvalue weighted by molar-refractivity contribution is 6.68. The van der Waals surface area contributed by atoms with Gasteiger partial charge >= 0.3 is 5.97 Å². The molecule has 0 amide bonds. The van der Waals surface area contributed by atoms with Crippen molar-refractivity contribution in [3.8, 4) is 0 Å². The van der Waals surface area contributed by atoms with Crippen LogP contribution >= 0.6 is 34.8 Å².